The highest BCUT2D eigenvalue weighted by Gasteiger charge is 2.22. The molecule has 21 heavy (non-hydrogen) atoms. The molecule has 0 aromatic heterocycles. The van der Waals surface area contributed by atoms with E-state index in [2.05, 4.69) is 24.4 Å². The summed E-state index contributed by atoms with van der Waals surface area (Å²) in [6, 6.07) is 6.85. The molecule has 3 atom stereocenters. The molecule has 1 nitrogen and oxygen atoms in total. The van der Waals surface area contributed by atoms with Crippen LogP contribution in [-0.4, -0.2) is 12.3 Å². The van der Waals surface area contributed by atoms with Crippen LogP contribution in [0, 0.1) is 11.8 Å². The highest BCUT2D eigenvalue weighted by atomic mass is 35.5. The second-order valence-corrected chi connectivity index (χ2v) is 8.33. The standard InChI is InChI=1S/C18H26ClNS/c1-13-3-2-4-14(11-13)7-9-20-17-8-10-21-18-6-5-15(19)12-16(17)18/h5-6,12-14,17,20H,2-4,7-11H2,1H3. The van der Waals surface area contributed by atoms with E-state index in [4.69, 9.17) is 11.6 Å². The van der Waals surface area contributed by atoms with Crippen LogP contribution >= 0.6 is 23.4 Å². The van der Waals surface area contributed by atoms with Crippen LogP contribution in [0.25, 0.3) is 0 Å². The lowest BCUT2D eigenvalue weighted by atomic mass is 9.81. The molecule has 3 unspecified atom stereocenters. The summed E-state index contributed by atoms with van der Waals surface area (Å²) in [6.07, 6.45) is 8.31. The van der Waals surface area contributed by atoms with E-state index in [1.54, 1.807) is 0 Å². The molecule has 0 bridgehead atoms. The van der Waals surface area contributed by atoms with Crippen molar-refractivity contribution in [2.45, 2.75) is 56.4 Å². The first-order valence-electron chi connectivity index (χ1n) is 8.38. The van der Waals surface area contributed by atoms with E-state index >= 15 is 0 Å². The van der Waals surface area contributed by atoms with Gasteiger partial charge in [0.25, 0.3) is 0 Å². The molecular weight excluding hydrogens is 298 g/mol. The fourth-order valence-corrected chi connectivity index (χ4v) is 5.15. The number of halogens is 1. The quantitative estimate of drug-likeness (QED) is 0.764. The first-order valence-corrected chi connectivity index (χ1v) is 9.74. The summed E-state index contributed by atoms with van der Waals surface area (Å²) in [5.74, 6) is 3.10. The Hall–Kier alpha value is -0.180. The van der Waals surface area contributed by atoms with Crippen LogP contribution in [-0.2, 0) is 0 Å². The molecule has 2 aliphatic rings. The Morgan fingerprint density at radius 1 is 1.29 bits per heavy atom. The van der Waals surface area contributed by atoms with Crippen molar-refractivity contribution < 1.29 is 0 Å². The second-order valence-electron chi connectivity index (χ2n) is 6.75. The lowest BCUT2D eigenvalue weighted by Crippen LogP contribution is -2.27. The summed E-state index contributed by atoms with van der Waals surface area (Å²) in [6.45, 7) is 3.56. The van der Waals surface area contributed by atoms with Crippen molar-refractivity contribution in [1.29, 1.82) is 0 Å². The largest absolute Gasteiger partial charge is 0.310 e. The van der Waals surface area contributed by atoms with Crippen LogP contribution in [0.3, 0.4) is 0 Å². The number of nitrogens with one attached hydrogen (secondary N) is 1. The van der Waals surface area contributed by atoms with Gasteiger partial charge in [-0.1, -0.05) is 37.8 Å². The molecule has 1 aliphatic heterocycles. The molecule has 0 amide bonds. The van der Waals surface area contributed by atoms with Crippen LogP contribution < -0.4 is 5.32 Å². The van der Waals surface area contributed by atoms with E-state index < -0.39 is 0 Å². The van der Waals surface area contributed by atoms with E-state index in [9.17, 15) is 0 Å². The van der Waals surface area contributed by atoms with Crippen LogP contribution in [0.1, 0.15) is 57.1 Å². The predicted octanol–water partition coefficient (Wildman–Crippen LogP) is 5.68. The summed E-state index contributed by atoms with van der Waals surface area (Å²) in [4.78, 5) is 1.41. The number of thioether (sulfide) groups is 1. The molecule has 1 saturated carbocycles. The van der Waals surface area contributed by atoms with Crippen molar-refractivity contribution >= 4 is 23.4 Å². The van der Waals surface area contributed by atoms with Crippen LogP contribution in [0.5, 0.6) is 0 Å². The zero-order valence-electron chi connectivity index (χ0n) is 12.9. The SMILES string of the molecule is CC1CCCC(CCNC2CCSc3ccc(Cl)cc32)C1. The smallest absolute Gasteiger partial charge is 0.0410 e. The Bertz CT molecular complexity index is 476. The fraction of sp³-hybridized carbons (Fsp3) is 0.667. The summed E-state index contributed by atoms with van der Waals surface area (Å²) in [7, 11) is 0. The van der Waals surface area contributed by atoms with Gasteiger partial charge in [0, 0.05) is 16.0 Å². The van der Waals surface area contributed by atoms with Crippen molar-refractivity contribution in [2.75, 3.05) is 12.3 Å². The Labute approximate surface area is 138 Å². The van der Waals surface area contributed by atoms with Gasteiger partial charge >= 0.3 is 0 Å². The van der Waals surface area contributed by atoms with Gasteiger partial charge in [0.05, 0.1) is 0 Å². The lowest BCUT2D eigenvalue weighted by molar-refractivity contribution is 0.264. The molecule has 0 spiro atoms. The van der Waals surface area contributed by atoms with E-state index in [0.717, 1.165) is 23.4 Å². The number of fused-ring (bicyclic) bond motifs is 1. The maximum atomic E-state index is 6.18. The number of benzene rings is 1. The molecule has 3 heteroatoms. The zero-order valence-corrected chi connectivity index (χ0v) is 14.5. The Morgan fingerprint density at radius 2 is 2.19 bits per heavy atom. The van der Waals surface area contributed by atoms with Gasteiger partial charge in [-0.3, -0.25) is 0 Å². The third-order valence-electron chi connectivity index (χ3n) is 5.00. The zero-order chi connectivity index (χ0) is 14.7. The van der Waals surface area contributed by atoms with E-state index in [0.29, 0.717) is 6.04 Å². The van der Waals surface area contributed by atoms with Gasteiger partial charge in [0.15, 0.2) is 0 Å². The minimum absolute atomic E-state index is 0.501. The van der Waals surface area contributed by atoms with Gasteiger partial charge in [-0.05, 0) is 67.2 Å². The van der Waals surface area contributed by atoms with E-state index in [-0.39, 0.29) is 0 Å². The number of hydrogen-bond donors (Lipinski definition) is 1. The molecule has 0 saturated heterocycles. The molecule has 1 fully saturated rings. The highest BCUT2D eigenvalue weighted by Crippen LogP contribution is 2.37. The van der Waals surface area contributed by atoms with Crippen molar-refractivity contribution in [3.8, 4) is 0 Å². The molecule has 1 aromatic rings. The molecular formula is C18H26ClNS. The normalized spacial score (nSPS) is 29.1. The van der Waals surface area contributed by atoms with Gasteiger partial charge in [-0.25, -0.2) is 0 Å². The van der Waals surface area contributed by atoms with Crippen LogP contribution in [0.2, 0.25) is 5.02 Å². The van der Waals surface area contributed by atoms with Gasteiger partial charge < -0.3 is 5.32 Å². The average molecular weight is 324 g/mol. The maximum Gasteiger partial charge on any atom is 0.0410 e. The van der Waals surface area contributed by atoms with Crippen LogP contribution in [0.4, 0.5) is 0 Å². The predicted molar refractivity (Wildman–Crippen MR) is 93.3 cm³/mol. The minimum atomic E-state index is 0.501. The van der Waals surface area contributed by atoms with Gasteiger partial charge in [0.2, 0.25) is 0 Å². The molecule has 1 aromatic carbocycles. The van der Waals surface area contributed by atoms with Crippen LogP contribution in [0.15, 0.2) is 23.1 Å². The summed E-state index contributed by atoms with van der Waals surface area (Å²) in [5, 5.41) is 4.66. The Kier molecular flexibility index (Phi) is 5.53. The van der Waals surface area contributed by atoms with Crippen molar-refractivity contribution in [3.63, 3.8) is 0 Å². The molecule has 1 aliphatic carbocycles. The number of rotatable bonds is 4. The highest BCUT2D eigenvalue weighted by molar-refractivity contribution is 7.99. The lowest BCUT2D eigenvalue weighted by Gasteiger charge is -2.29. The molecule has 1 heterocycles. The molecule has 1 N–H and O–H groups in total. The van der Waals surface area contributed by atoms with Crippen molar-refractivity contribution in [1.82, 2.24) is 5.32 Å². The second kappa shape index (κ2) is 7.39. The summed E-state index contributed by atoms with van der Waals surface area (Å²) >= 11 is 8.14. The monoisotopic (exact) mass is 323 g/mol. The molecule has 116 valence electrons. The average Bonchev–Trinajstić information content (AvgIpc) is 2.48. The van der Waals surface area contributed by atoms with Gasteiger partial charge in [-0.15, -0.1) is 11.8 Å². The topological polar surface area (TPSA) is 12.0 Å². The minimum Gasteiger partial charge on any atom is -0.310 e. The molecule has 3 rings (SSSR count). The first-order chi connectivity index (χ1) is 10.2. The summed E-state index contributed by atoms with van der Waals surface area (Å²) < 4.78 is 0. The molecule has 0 radical (unpaired) electrons. The summed E-state index contributed by atoms with van der Waals surface area (Å²) in [5.41, 5.74) is 1.41. The first kappa shape index (κ1) is 15.7. The third-order valence-corrected chi connectivity index (χ3v) is 6.36. The third kappa shape index (κ3) is 4.18. The van der Waals surface area contributed by atoms with Gasteiger partial charge in [-0.2, -0.15) is 0 Å². The maximum absolute atomic E-state index is 6.18. The number of hydrogen-bond acceptors (Lipinski definition) is 2. The Balaban J connectivity index is 1.53. The Morgan fingerprint density at radius 3 is 3.05 bits per heavy atom. The van der Waals surface area contributed by atoms with Crippen molar-refractivity contribution in [2.24, 2.45) is 11.8 Å². The van der Waals surface area contributed by atoms with E-state index in [1.165, 1.54) is 54.7 Å². The van der Waals surface area contributed by atoms with E-state index in [1.807, 2.05) is 17.8 Å². The fourth-order valence-electron chi connectivity index (χ4n) is 3.86. The van der Waals surface area contributed by atoms with Gasteiger partial charge in [0.1, 0.15) is 0 Å². The van der Waals surface area contributed by atoms with Crippen molar-refractivity contribution in [3.05, 3.63) is 28.8 Å².